The molecule has 2 heterocycles. The molecule has 180 valence electrons. The van der Waals surface area contributed by atoms with Crippen LogP contribution >= 0.6 is 15.9 Å². The van der Waals surface area contributed by atoms with Gasteiger partial charge >= 0.3 is 0 Å². The van der Waals surface area contributed by atoms with Crippen LogP contribution in [0.1, 0.15) is 48.8 Å². The van der Waals surface area contributed by atoms with Gasteiger partial charge in [-0.1, -0.05) is 28.1 Å². The predicted molar refractivity (Wildman–Crippen MR) is 135 cm³/mol. The molecule has 33 heavy (non-hydrogen) atoms. The van der Waals surface area contributed by atoms with Gasteiger partial charge in [0.25, 0.3) is 0 Å². The third-order valence-electron chi connectivity index (χ3n) is 6.26. The van der Waals surface area contributed by atoms with Gasteiger partial charge in [0.05, 0.1) is 5.92 Å². The lowest BCUT2D eigenvalue weighted by Crippen LogP contribution is -2.43. The number of hydrogen-bond acceptors (Lipinski definition) is 4. The fourth-order valence-corrected chi connectivity index (χ4v) is 4.75. The Morgan fingerprint density at radius 1 is 1.24 bits per heavy atom. The zero-order valence-electron chi connectivity index (χ0n) is 19.7. The van der Waals surface area contributed by atoms with E-state index in [9.17, 15) is 9.59 Å². The van der Waals surface area contributed by atoms with E-state index >= 15 is 0 Å². The SMILES string of the molecule is COCCCc1cc(CN(C(=O)C2CCCNC2)C2CC2)cc(Br)c1C.O=c1cccc[nH]1. The number of ether oxygens (including phenoxy) is 1. The Labute approximate surface area is 205 Å². The molecule has 1 saturated heterocycles. The number of H-pyrrole nitrogens is 1. The average Bonchev–Trinajstić information content (AvgIpc) is 3.67. The third-order valence-corrected chi connectivity index (χ3v) is 7.08. The second kappa shape index (κ2) is 13.1. The molecule has 4 rings (SSSR count). The number of aryl methyl sites for hydroxylation is 1. The standard InChI is InChI=1S/C21H31BrN2O2.C5H5NO/c1-15-17(6-4-10-26-2)11-16(12-20(15)22)14-24(19-7-8-19)21(25)18-5-3-9-23-13-18;7-5-3-1-2-4-6-5/h11-12,18-19,23H,3-10,13-14H2,1-2H3;1-4H,(H,6,7). The van der Waals surface area contributed by atoms with E-state index in [1.165, 1.54) is 22.8 Å². The molecule has 1 aromatic carbocycles. The van der Waals surface area contributed by atoms with E-state index in [0.29, 0.717) is 11.9 Å². The van der Waals surface area contributed by atoms with Crippen molar-refractivity contribution in [2.24, 2.45) is 5.92 Å². The maximum atomic E-state index is 13.1. The number of amides is 1. The van der Waals surface area contributed by atoms with Gasteiger partial charge in [0.1, 0.15) is 0 Å². The van der Waals surface area contributed by atoms with E-state index in [-0.39, 0.29) is 11.5 Å². The van der Waals surface area contributed by atoms with Gasteiger partial charge in [0.15, 0.2) is 0 Å². The van der Waals surface area contributed by atoms with Gasteiger partial charge in [-0.15, -0.1) is 0 Å². The normalized spacial score (nSPS) is 17.7. The molecule has 0 spiro atoms. The number of methoxy groups -OCH3 is 1. The summed E-state index contributed by atoms with van der Waals surface area (Å²) in [4.78, 5) is 27.9. The first kappa shape index (κ1) is 25.7. The van der Waals surface area contributed by atoms with Crippen LogP contribution in [0.3, 0.4) is 0 Å². The molecule has 7 heteroatoms. The molecular weight excluding hydrogens is 482 g/mol. The topological polar surface area (TPSA) is 74.4 Å². The Hall–Kier alpha value is -1.96. The van der Waals surface area contributed by atoms with Crippen molar-refractivity contribution in [2.75, 3.05) is 26.8 Å². The summed E-state index contributed by atoms with van der Waals surface area (Å²) in [6, 6.07) is 9.86. The highest BCUT2D eigenvalue weighted by molar-refractivity contribution is 9.10. The van der Waals surface area contributed by atoms with Crippen LogP contribution in [0.5, 0.6) is 0 Å². The Kier molecular flexibility index (Phi) is 10.2. The number of rotatable bonds is 8. The monoisotopic (exact) mass is 517 g/mol. The number of nitrogens with zero attached hydrogens (tertiary/aromatic N) is 1. The summed E-state index contributed by atoms with van der Waals surface area (Å²) in [6.07, 6.45) is 8.06. The first-order valence-electron chi connectivity index (χ1n) is 11.9. The number of halogens is 1. The first-order valence-corrected chi connectivity index (χ1v) is 12.7. The second-order valence-corrected chi connectivity index (χ2v) is 9.78. The molecule has 1 aromatic heterocycles. The lowest BCUT2D eigenvalue weighted by molar-refractivity contribution is -0.137. The molecule has 2 aromatic rings. The van der Waals surface area contributed by atoms with Crippen molar-refractivity contribution in [3.63, 3.8) is 0 Å². The van der Waals surface area contributed by atoms with Gasteiger partial charge in [0, 0.05) is 49.6 Å². The predicted octanol–water partition coefficient (Wildman–Crippen LogP) is 4.20. The zero-order valence-corrected chi connectivity index (χ0v) is 21.3. The number of pyridine rings is 1. The van der Waals surface area contributed by atoms with Crippen molar-refractivity contribution in [2.45, 2.75) is 58.0 Å². The summed E-state index contributed by atoms with van der Waals surface area (Å²) in [5, 5.41) is 3.38. The number of piperidine rings is 1. The third kappa shape index (κ3) is 8.09. The fourth-order valence-electron chi connectivity index (χ4n) is 4.20. The minimum absolute atomic E-state index is 0.0532. The van der Waals surface area contributed by atoms with Gasteiger partial charge < -0.3 is 19.9 Å². The van der Waals surface area contributed by atoms with Gasteiger partial charge in [0.2, 0.25) is 11.5 Å². The summed E-state index contributed by atoms with van der Waals surface area (Å²) in [5.41, 5.74) is 3.83. The number of aromatic amines is 1. The summed E-state index contributed by atoms with van der Waals surface area (Å²) in [7, 11) is 1.75. The van der Waals surface area contributed by atoms with E-state index in [4.69, 9.17) is 4.74 Å². The van der Waals surface area contributed by atoms with Crippen molar-refractivity contribution in [1.82, 2.24) is 15.2 Å². The fraction of sp³-hybridized carbons (Fsp3) is 0.538. The van der Waals surface area contributed by atoms with Gasteiger partial charge in [-0.2, -0.15) is 0 Å². The van der Waals surface area contributed by atoms with Crippen LogP contribution in [0.15, 0.2) is 45.8 Å². The number of carbonyl (C=O) groups is 1. The summed E-state index contributed by atoms with van der Waals surface area (Å²) < 4.78 is 6.34. The molecule has 0 radical (unpaired) electrons. The lowest BCUT2D eigenvalue weighted by Gasteiger charge is -2.30. The van der Waals surface area contributed by atoms with E-state index in [0.717, 1.165) is 69.2 Å². The van der Waals surface area contributed by atoms with Crippen LogP contribution in [0.4, 0.5) is 0 Å². The van der Waals surface area contributed by atoms with Crippen LogP contribution in [0.25, 0.3) is 0 Å². The van der Waals surface area contributed by atoms with Gasteiger partial charge in [-0.05, 0) is 80.8 Å². The number of carbonyl (C=O) groups excluding carboxylic acids is 1. The van der Waals surface area contributed by atoms with E-state index in [1.807, 2.05) is 0 Å². The highest BCUT2D eigenvalue weighted by Crippen LogP contribution is 2.32. The quantitative estimate of drug-likeness (QED) is 0.514. The second-order valence-electron chi connectivity index (χ2n) is 8.93. The van der Waals surface area contributed by atoms with Crippen LogP contribution in [0, 0.1) is 12.8 Å². The largest absolute Gasteiger partial charge is 0.385 e. The summed E-state index contributed by atoms with van der Waals surface area (Å²) in [6.45, 7) is 5.55. The molecular formula is C26H36BrN3O3. The van der Waals surface area contributed by atoms with Crippen LogP contribution < -0.4 is 10.9 Å². The Morgan fingerprint density at radius 3 is 2.64 bits per heavy atom. The zero-order chi connectivity index (χ0) is 23.6. The number of hydrogen-bond donors (Lipinski definition) is 2. The molecule has 1 amide bonds. The molecule has 2 aliphatic rings. The highest BCUT2D eigenvalue weighted by Gasteiger charge is 2.36. The molecule has 0 bridgehead atoms. The molecule has 1 aliphatic carbocycles. The summed E-state index contributed by atoms with van der Waals surface area (Å²) in [5.74, 6) is 0.497. The summed E-state index contributed by atoms with van der Waals surface area (Å²) >= 11 is 3.72. The number of benzene rings is 1. The molecule has 1 atom stereocenters. The molecule has 1 aliphatic heterocycles. The first-order chi connectivity index (χ1) is 16.0. The van der Waals surface area contributed by atoms with Crippen molar-refractivity contribution in [3.05, 3.63) is 68.0 Å². The van der Waals surface area contributed by atoms with Crippen LogP contribution in [0.2, 0.25) is 0 Å². The maximum absolute atomic E-state index is 13.1. The Bertz CT molecular complexity index is 935. The maximum Gasteiger partial charge on any atom is 0.247 e. The van der Waals surface area contributed by atoms with Gasteiger partial charge in [-0.25, -0.2) is 0 Å². The molecule has 1 unspecified atom stereocenters. The van der Waals surface area contributed by atoms with Crippen LogP contribution in [-0.2, 0) is 22.5 Å². The van der Waals surface area contributed by atoms with E-state index < -0.39 is 0 Å². The highest BCUT2D eigenvalue weighted by atomic mass is 79.9. The van der Waals surface area contributed by atoms with Gasteiger partial charge in [-0.3, -0.25) is 9.59 Å². The Balaban J connectivity index is 0.000000374. The van der Waals surface area contributed by atoms with E-state index in [1.54, 1.807) is 25.4 Å². The molecule has 2 N–H and O–H groups in total. The number of aromatic nitrogens is 1. The van der Waals surface area contributed by atoms with Crippen molar-refractivity contribution < 1.29 is 9.53 Å². The molecule has 6 nitrogen and oxygen atoms in total. The van der Waals surface area contributed by atoms with Crippen molar-refractivity contribution >= 4 is 21.8 Å². The minimum atomic E-state index is -0.0532. The van der Waals surface area contributed by atoms with Crippen molar-refractivity contribution in [3.8, 4) is 0 Å². The lowest BCUT2D eigenvalue weighted by atomic mass is 9.97. The molecule has 1 saturated carbocycles. The van der Waals surface area contributed by atoms with Crippen LogP contribution in [-0.4, -0.2) is 48.6 Å². The molecule has 2 fully saturated rings. The Morgan fingerprint density at radius 2 is 2.06 bits per heavy atom. The number of nitrogens with one attached hydrogen (secondary N) is 2. The smallest absolute Gasteiger partial charge is 0.247 e. The average molecular weight is 518 g/mol. The van der Waals surface area contributed by atoms with E-state index in [2.05, 4.69) is 50.2 Å². The minimum Gasteiger partial charge on any atom is -0.385 e. The van der Waals surface area contributed by atoms with Crippen molar-refractivity contribution in [1.29, 1.82) is 0 Å².